The number of benzene rings is 1. The van der Waals surface area contributed by atoms with Crippen molar-refractivity contribution in [3.05, 3.63) is 48.3 Å². The van der Waals surface area contributed by atoms with Crippen LogP contribution in [0.3, 0.4) is 0 Å². The fourth-order valence-corrected chi connectivity index (χ4v) is 1.86. The van der Waals surface area contributed by atoms with Gasteiger partial charge in [0.15, 0.2) is 5.95 Å². The largest absolute Gasteiger partial charge is 0.369 e. The molecule has 1 aromatic carbocycles. The second kappa shape index (κ2) is 4.84. The van der Waals surface area contributed by atoms with Crippen LogP contribution in [0.25, 0.3) is 0 Å². The van der Waals surface area contributed by atoms with E-state index in [-0.39, 0.29) is 0 Å². The van der Waals surface area contributed by atoms with Crippen LogP contribution < -0.4 is 5.73 Å². The van der Waals surface area contributed by atoms with E-state index in [0.717, 1.165) is 12.8 Å². The second-order valence-corrected chi connectivity index (χ2v) is 4.07. The van der Waals surface area contributed by atoms with Crippen molar-refractivity contribution >= 4 is 5.95 Å². The number of hydrogen-bond acceptors (Lipinski definition) is 2. The number of aryl methyl sites for hydroxylation is 1. The van der Waals surface area contributed by atoms with E-state index in [9.17, 15) is 0 Å². The van der Waals surface area contributed by atoms with Crippen LogP contribution >= 0.6 is 0 Å². The minimum Gasteiger partial charge on any atom is -0.369 e. The van der Waals surface area contributed by atoms with Gasteiger partial charge in [0.25, 0.3) is 0 Å². The smallest absolute Gasteiger partial charge is 0.200 e. The fraction of sp³-hybridized carbons (Fsp3) is 0.308. The average Bonchev–Trinajstić information content (AvgIpc) is 2.74. The highest BCUT2D eigenvalue weighted by Crippen LogP contribution is 2.17. The highest BCUT2D eigenvalue weighted by atomic mass is 15.1. The first-order chi connectivity index (χ1) is 7.77. The number of anilines is 1. The Kier molecular flexibility index (Phi) is 3.25. The summed E-state index contributed by atoms with van der Waals surface area (Å²) in [6.45, 7) is 2.17. The Morgan fingerprint density at radius 2 is 2.06 bits per heavy atom. The molecule has 16 heavy (non-hydrogen) atoms. The predicted octanol–water partition coefficient (Wildman–Crippen LogP) is 2.66. The summed E-state index contributed by atoms with van der Waals surface area (Å²) in [7, 11) is 0. The zero-order chi connectivity index (χ0) is 11.4. The third-order valence-corrected chi connectivity index (χ3v) is 2.87. The maximum absolute atomic E-state index is 5.76. The van der Waals surface area contributed by atoms with Crippen molar-refractivity contribution in [2.75, 3.05) is 5.73 Å². The summed E-state index contributed by atoms with van der Waals surface area (Å²) in [6, 6.07) is 10.9. The Morgan fingerprint density at radius 1 is 1.31 bits per heavy atom. The quantitative estimate of drug-likeness (QED) is 0.852. The number of nitrogens with two attached hydrogens (primary N) is 1. The highest BCUT2D eigenvalue weighted by molar-refractivity contribution is 5.18. The zero-order valence-electron chi connectivity index (χ0n) is 9.50. The number of imidazole rings is 1. The van der Waals surface area contributed by atoms with E-state index < -0.39 is 0 Å². The summed E-state index contributed by atoms with van der Waals surface area (Å²) in [5, 5.41) is 0. The lowest BCUT2D eigenvalue weighted by molar-refractivity contribution is 0.513. The first-order valence-electron chi connectivity index (χ1n) is 5.59. The van der Waals surface area contributed by atoms with Crippen LogP contribution in [0.1, 0.15) is 24.9 Å². The molecule has 0 aliphatic rings. The lowest BCUT2D eigenvalue weighted by atomic mass is 10.1. The Morgan fingerprint density at radius 3 is 2.69 bits per heavy atom. The third kappa shape index (κ3) is 2.42. The first kappa shape index (κ1) is 10.7. The van der Waals surface area contributed by atoms with Crippen LogP contribution in [0.4, 0.5) is 5.95 Å². The lowest BCUT2D eigenvalue weighted by Gasteiger charge is -2.14. The van der Waals surface area contributed by atoms with Crippen LogP contribution in [0.2, 0.25) is 0 Å². The molecule has 84 valence electrons. The maximum Gasteiger partial charge on any atom is 0.200 e. The number of nitrogens with zero attached hydrogens (tertiary/aromatic N) is 2. The molecule has 0 fully saturated rings. The van der Waals surface area contributed by atoms with E-state index in [0.29, 0.717) is 12.0 Å². The number of rotatable bonds is 4. The molecule has 3 heteroatoms. The maximum atomic E-state index is 5.76. The average molecular weight is 215 g/mol. The Hall–Kier alpha value is -1.77. The molecule has 0 bridgehead atoms. The van der Waals surface area contributed by atoms with Gasteiger partial charge in [-0.2, -0.15) is 0 Å². The van der Waals surface area contributed by atoms with E-state index in [2.05, 4.69) is 36.2 Å². The summed E-state index contributed by atoms with van der Waals surface area (Å²) >= 11 is 0. The number of aromatic nitrogens is 2. The number of nitrogen functional groups attached to an aromatic ring is 1. The topological polar surface area (TPSA) is 43.8 Å². The highest BCUT2D eigenvalue weighted by Gasteiger charge is 2.07. The Balaban J connectivity index is 1.94. The van der Waals surface area contributed by atoms with E-state index in [1.54, 1.807) is 6.20 Å². The molecule has 0 saturated carbocycles. The molecule has 0 aliphatic heterocycles. The summed E-state index contributed by atoms with van der Waals surface area (Å²) in [5.74, 6) is 0.598. The van der Waals surface area contributed by atoms with E-state index in [1.807, 2.05) is 16.8 Å². The molecule has 0 saturated heterocycles. The van der Waals surface area contributed by atoms with Crippen LogP contribution in [0.15, 0.2) is 42.7 Å². The van der Waals surface area contributed by atoms with Crippen molar-refractivity contribution in [2.24, 2.45) is 0 Å². The van der Waals surface area contributed by atoms with Gasteiger partial charge in [-0.3, -0.25) is 0 Å². The molecule has 3 nitrogen and oxygen atoms in total. The zero-order valence-corrected chi connectivity index (χ0v) is 9.50. The van der Waals surface area contributed by atoms with E-state index in [1.165, 1.54) is 5.56 Å². The van der Waals surface area contributed by atoms with Crippen LogP contribution in [-0.2, 0) is 6.42 Å². The van der Waals surface area contributed by atoms with Crippen molar-refractivity contribution in [3.63, 3.8) is 0 Å². The van der Waals surface area contributed by atoms with Crippen molar-refractivity contribution in [1.82, 2.24) is 9.55 Å². The first-order valence-corrected chi connectivity index (χ1v) is 5.59. The van der Waals surface area contributed by atoms with Gasteiger partial charge in [-0.05, 0) is 25.3 Å². The summed E-state index contributed by atoms with van der Waals surface area (Å²) in [5.41, 5.74) is 7.13. The molecule has 2 N–H and O–H groups in total. The molecule has 2 rings (SSSR count). The molecule has 1 atom stereocenters. The predicted molar refractivity (Wildman–Crippen MR) is 66.1 cm³/mol. The standard InChI is InChI=1S/C13H17N3/c1-11(16-10-9-15-13(16)14)7-8-12-5-3-2-4-6-12/h2-6,9-11H,7-8H2,1H3,(H2,14,15). The summed E-state index contributed by atoms with van der Waals surface area (Å²) < 4.78 is 2.02. The minimum absolute atomic E-state index is 0.391. The number of hydrogen-bond donors (Lipinski definition) is 1. The van der Waals surface area contributed by atoms with Crippen LogP contribution in [0.5, 0.6) is 0 Å². The lowest BCUT2D eigenvalue weighted by Crippen LogP contribution is -2.08. The van der Waals surface area contributed by atoms with Crippen molar-refractivity contribution < 1.29 is 0 Å². The molecule has 0 aliphatic carbocycles. The molecule has 1 heterocycles. The molecule has 0 spiro atoms. The Labute approximate surface area is 95.9 Å². The van der Waals surface area contributed by atoms with Crippen molar-refractivity contribution in [3.8, 4) is 0 Å². The van der Waals surface area contributed by atoms with Crippen molar-refractivity contribution in [1.29, 1.82) is 0 Å². The summed E-state index contributed by atoms with van der Waals surface area (Å²) in [6.07, 6.45) is 5.82. The molecular formula is C13H17N3. The summed E-state index contributed by atoms with van der Waals surface area (Å²) in [4.78, 5) is 4.03. The van der Waals surface area contributed by atoms with Gasteiger partial charge in [0.05, 0.1) is 0 Å². The molecule has 0 radical (unpaired) electrons. The van der Waals surface area contributed by atoms with Gasteiger partial charge in [0.2, 0.25) is 0 Å². The van der Waals surface area contributed by atoms with Gasteiger partial charge in [-0.25, -0.2) is 4.98 Å². The van der Waals surface area contributed by atoms with Crippen LogP contribution in [0, 0.1) is 0 Å². The van der Waals surface area contributed by atoms with Gasteiger partial charge < -0.3 is 10.3 Å². The van der Waals surface area contributed by atoms with Crippen molar-refractivity contribution in [2.45, 2.75) is 25.8 Å². The minimum atomic E-state index is 0.391. The van der Waals surface area contributed by atoms with Gasteiger partial charge in [-0.1, -0.05) is 30.3 Å². The molecule has 2 aromatic rings. The molecule has 1 unspecified atom stereocenters. The van der Waals surface area contributed by atoms with Gasteiger partial charge >= 0.3 is 0 Å². The van der Waals surface area contributed by atoms with Crippen LogP contribution in [-0.4, -0.2) is 9.55 Å². The molecule has 0 amide bonds. The Bertz CT molecular complexity index is 433. The molecular weight excluding hydrogens is 198 g/mol. The monoisotopic (exact) mass is 215 g/mol. The fourth-order valence-electron chi connectivity index (χ4n) is 1.86. The van der Waals surface area contributed by atoms with Gasteiger partial charge in [-0.15, -0.1) is 0 Å². The van der Waals surface area contributed by atoms with E-state index in [4.69, 9.17) is 5.73 Å². The molecule has 1 aromatic heterocycles. The van der Waals surface area contributed by atoms with Gasteiger partial charge in [0, 0.05) is 18.4 Å². The van der Waals surface area contributed by atoms with E-state index >= 15 is 0 Å². The normalized spacial score (nSPS) is 12.6. The van der Waals surface area contributed by atoms with Gasteiger partial charge in [0.1, 0.15) is 0 Å². The third-order valence-electron chi connectivity index (χ3n) is 2.87. The SMILES string of the molecule is CC(CCc1ccccc1)n1ccnc1N. The second-order valence-electron chi connectivity index (χ2n) is 4.07.